The van der Waals surface area contributed by atoms with Crippen LogP contribution in [0.15, 0.2) is 11.6 Å². The topological polar surface area (TPSA) is 63.6 Å². The normalized spacial score (nSPS) is 44.9. The number of carbonyl (C=O) groups is 2. The minimum atomic E-state index is -0.291. The number of aliphatic hydroxyl groups is 1. The molecular formula is C25H38O4. The zero-order valence-electron chi connectivity index (χ0n) is 18.6. The monoisotopic (exact) mass is 402 g/mol. The lowest BCUT2D eigenvalue weighted by atomic mass is 9.48. The maximum atomic E-state index is 13.6. The van der Waals surface area contributed by atoms with E-state index < -0.39 is 0 Å². The Kier molecular flexibility index (Phi) is 5.46. The fraction of sp³-hybridized carbons (Fsp3) is 0.840. The molecule has 0 radical (unpaired) electrons. The molecule has 0 aromatic heterocycles. The van der Waals surface area contributed by atoms with E-state index in [-0.39, 0.29) is 22.9 Å². The Morgan fingerprint density at radius 3 is 2.72 bits per heavy atom. The largest absolute Gasteiger partial charge is 0.469 e. The fourth-order valence-corrected chi connectivity index (χ4v) is 7.88. The van der Waals surface area contributed by atoms with Crippen molar-refractivity contribution in [2.75, 3.05) is 7.11 Å². The molecule has 3 fully saturated rings. The van der Waals surface area contributed by atoms with Gasteiger partial charge in [0.15, 0.2) is 5.78 Å². The maximum absolute atomic E-state index is 13.6. The Labute approximate surface area is 175 Å². The average Bonchev–Trinajstić information content (AvgIpc) is 3.06. The third-order valence-electron chi connectivity index (χ3n) is 9.69. The predicted molar refractivity (Wildman–Crippen MR) is 112 cm³/mol. The Hall–Kier alpha value is -1.16. The van der Waals surface area contributed by atoms with Crippen molar-refractivity contribution in [1.29, 1.82) is 0 Å². The number of rotatable bonds is 4. The van der Waals surface area contributed by atoms with Crippen LogP contribution in [-0.4, -0.2) is 30.1 Å². The smallest absolute Gasteiger partial charge is 0.305 e. The summed E-state index contributed by atoms with van der Waals surface area (Å²) in [5, 5.41) is 10.2. The molecule has 0 heterocycles. The van der Waals surface area contributed by atoms with E-state index in [2.05, 4.69) is 26.8 Å². The summed E-state index contributed by atoms with van der Waals surface area (Å²) in [4.78, 5) is 25.2. The number of aliphatic hydroxyl groups excluding tert-OH is 1. The number of allylic oxidation sites excluding steroid dienone is 2. The summed E-state index contributed by atoms with van der Waals surface area (Å²) >= 11 is 0. The number of hydrogen-bond acceptors (Lipinski definition) is 4. The van der Waals surface area contributed by atoms with E-state index in [4.69, 9.17) is 4.74 Å². The lowest BCUT2D eigenvalue weighted by Gasteiger charge is -2.56. The van der Waals surface area contributed by atoms with Gasteiger partial charge in [-0.05, 0) is 92.4 Å². The minimum Gasteiger partial charge on any atom is -0.469 e. The van der Waals surface area contributed by atoms with Gasteiger partial charge < -0.3 is 9.84 Å². The summed E-state index contributed by atoms with van der Waals surface area (Å²) in [5.41, 5.74) is 1.21. The molecule has 4 heteroatoms. The quantitative estimate of drug-likeness (QED) is 0.693. The molecule has 4 nitrogen and oxygen atoms in total. The first-order valence-electron chi connectivity index (χ1n) is 11.7. The molecule has 0 aromatic rings. The van der Waals surface area contributed by atoms with Gasteiger partial charge in [-0.2, -0.15) is 0 Å². The van der Waals surface area contributed by atoms with Gasteiger partial charge in [0, 0.05) is 11.8 Å². The molecule has 4 aliphatic rings. The van der Waals surface area contributed by atoms with Crippen molar-refractivity contribution in [3.63, 3.8) is 0 Å². The highest BCUT2D eigenvalue weighted by atomic mass is 16.5. The second kappa shape index (κ2) is 7.51. The van der Waals surface area contributed by atoms with Crippen LogP contribution in [0.4, 0.5) is 0 Å². The number of carbonyl (C=O) groups excluding carboxylic acids is 2. The van der Waals surface area contributed by atoms with Crippen LogP contribution >= 0.6 is 0 Å². The van der Waals surface area contributed by atoms with Crippen LogP contribution in [0.1, 0.15) is 78.6 Å². The van der Waals surface area contributed by atoms with Crippen LogP contribution < -0.4 is 0 Å². The Balaban J connectivity index is 1.60. The molecule has 4 aliphatic carbocycles. The van der Waals surface area contributed by atoms with Crippen molar-refractivity contribution in [2.24, 2.45) is 40.4 Å². The molecule has 1 unspecified atom stereocenters. The van der Waals surface area contributed by atoms with Crippen molar-refractivity contribution < 1.29 is 19.4 Å². The highest BCUT2D eigenvalue weighted by Crippen LogP contribution is 2.65. The van der Waals surface area contributed by atoms with E-state index in [0.717, 1.165) is 44.9 Å². The molecule has 0 bridgehead atoms. The third-order valence-corrected chi connectivity index (χ3v) is 9.69. The molecule has 29 heavy (non-hydrogen) atoms. The van der Waals surface area contributed by atoms with Gasteiger partial charge in [-0.1, -0.05) is 26.3 Å². The molecule has 3 saturated carbocycles. The van der Waals surface area contributed by atoms with E-state index >= 15 is 0 Å². The number of methoxy groups -OCH3 is 1. The maximum Gasteiger partial charge on any atom is 0.305 e. The van der Waals surface area contributed by atoms with Gasteiger partial charge >= 0.3 is 5.97 Å². The number of esters is 1. The summed E-state index contributed by atoms with van der Waals surface area (Å²) in [7, 11) is 1.44. The van der Waals surface area contributed by atoms with Gasteiger partial charge in [-0.3, -0.25) is 9.59 Å². The van der Waals surface area contributed by atoms with Crippen LogP contribution in [-0.2, 0) is 14.3 Å². The summed E-state index contributed by atoms with van der Waals surface area (Å²) in [6, 6.07) is 0. The summed E-state index contributed by atoms with van der Waals surface area (Å²) in [6.07, 6.45) is 10.4. The van der Waals surface area contributed by atoms with Crippen molar-refractivity contribution in [3.8, 4) is 0 Å². The lowest BCUT2D eigenvalue weighted by molar-refractivity contribution is -0.141. The van der Waals surface area contributed by atoms with Crippen molar-refractivity contribution in [2.45, 2.75) is 84.7 Å². The zero-order chi connectivity index (χ0) is 21.0. The Bertz CT molecular complexity index is 712. The number of hydrogen-bond donors (Lipinski definition) is 1. The highest BCUT2D eigenvalue weighted by molar-refractivity contribution is 5.97. The predicted octanol–water partition coefficient (Wildman–Crippen LogP) is 4.69. The Morgan fingerprint density at radius 2 is 2.00 bits per heavy atom. The standard InChI is InChI=1S/C25H38O4/c1-15(5-10-23(28)29-4)19-8-9-20-18-7-6-16-13-17(26)11-12-24(16,2)21(18)14-22(27)25(19,20)3/h14-20,26H,5-13H2,1-4H3/t15-,16-,17-,18+,19?,20+,24+,25-/m1/s1. The molecule has 8 atom stereocenters. The third kappa shape index (κ3) is 3.21. The van der Waals surface area contributed by atoms with Crippen molar-refractivity contribution in [3.05, 3.63) is 11.6 Å². The van der Waals surface area contributed by atoms with Gasteiger partial charge in [0.05, 0.1) is 13.2 Å². The SMILES string of the molecule is COC(=O)CC[C@@H](C)C1CC[C@H]2[C@@H]3CC[C@@H]4C[C@H](O)CC[C@]4(C)C3=CC(=O)[C@]12C. The van der Waals surface area contributed by atoms with Crippen molar-refractivity contribution >= 4 is 11.8 Å². The van der Waals surface area contributed by atoms with Gasteiger partial charge in [0.1, 0.15) is 0 Å². The highest BCUT2D eigenvalue weighted by Gasteiger charge is 2.60. The molecule has 0 aromatic carbocycles. The molecule has 0 amide bonds. The van der Waals surface area contributed by atoms with Gasteiger partial charge in [-0.25, -0.2) is 0 Å². The lowest BCUT2D eigenvalue weighted by Crippen LogP contribution is -2.52. The van der Waals surface area contributed by atoms with E-state index in [1.807, 2.05) is 0 Å². The molecule has 1 N–H and O–H groups in total. The van der Waals surface area contributed by atoms with Crippen molar-refractivity contribution in [1.82, 2.24) is 0 Å². The summed E-state index contributed by atoms with van der Waals surface area (Å²) < 4.78 is 4.82. The number of fused-ring (bicyclic) bond motifs is 5. The second-order valence-corrected chi connectivity index (χ2v) is 10.9. The Morgan fingerprint density at radius 1 is 1.24 bits per heavy atom. The first kappa shape index (κ1) is 21.1. The van der Waals surface area contributed by atoms with Crippen LogP contribution in [0.3, 0.4) is 0 Å². The van der Waals surface area contributed by atoms with Crippen LogP contribution in [0.5, 0.6) is 0 Å². The van der Waals surface area contributed by atoms with Gasteiger partial charge in [0.25, 0.3) is 0 Å². The molecule has 0 saturated heterocycles. The molecular weight excluding hydrogens is 364 g/mol. The van der Waals surface area contributed by atoms with E-state index in [9.17, 15) is 14.7 Å². The fourth-order valence-electron chi connectivity index (χ4n) is 7.88. The molecule has 4 rings (SSSR count). The number of ketones is 1. The van der Waals surface area contributed by atoms with Crippen LogP contribution in [0.2, 0.25) is 0 Å². The first-order valence-corrected chi connectivity index (χ1v) is 11.7. The zero-order valence-corrected chi connectivity index (χ0v) is 18.6. The summed E-state index contributed by atoms with van der Waals surface area (Å²) in [5.74, 6) is 2.34. The first-order chi connectivity index (χ1) is 13.7. The van der Waals surface area contributed by atoms with Crippen LogP contribution in [0, 0.1) is 40.4 Å². The average molecular weight is 403 g/mol. The van der Waals surface area contributed by atoms with Gasteiger partial charge in [-0.15, -0.1) is 0 Å². The second-order valence-electron chi connectivity index (χ2n) is 10.9. The van der Waals surface area contributed by atoms with Gasteiger partial charge in [0.2, 0.25) is 0 Å². The molecule has 162 valence electrons. The van der Waals surface area contributed by atoms with Crippen LogP contribution in [0.25, 0.3) is 0 Å². The molecule has 0 spiro atoms. The molecule has 0 aliphatic heterocycles. The van der Waals surface area contributed by atoms with E-state index in [0.29, 0.717) is 41.8 Å². The summed E-state index contributed by atoms with van der Waals surface area (Å²) in [6.45, 7) is 6.80. The number of ether oxygens (including phenoxy) is 1. The van der Waals surface area contributed by atoms with E-state index in [1.54, 1.807) is 0 Å². The minimum absolute atomic E-state index is 0.0910. The van der Waals surface area contributed by atoms with E-state index in [1.165, 1.54) is 19.1 Å².